The van der Waals surface area contributed by atoms with E-state index in [1.54, 1.807) is 22.6 Å². The molecule has 2 N–H and O–H groups in total. The number of nitrogens with zero attached hydrogens (tertiary/aromatic N) is 1. The van der Waals surface area contributed by atoms with Crippen LogP contribution >= 0.6 is 22.6 Å². The number of alkyl halides is 1. The van der Waals surface area contributed by atoms with E-state index in [0.717, 1.165) is 0 Å². The van der Waals surface area contributed by atoms with Crippen molar-refractivity contribution in [3.63, 3.8) is 0 Å². The van der Waals surface area contributed by atoms with E-state index in [4.69, 9.17) is 16.7 Å². The predicted molar refractivity (Wildman–Crippen MR) is 38.3 cm³/mol. The molecule has 0 saturated heterocycles. The summed E-state index contributed by atoms with van der Waals surface area (Å²) < 4.78 is -0.819. The molecule has 1 unspecified atom stereocenters. The minimum Gasteiger partial charge on any atom is -0.463 e. The van der Waals surface area contributed by atoms with Crippen LogP contribution in [0.15, 0.2) is 0 Å². The molecular formula is C4H4INO3. The lowest BCUT2D eigenvalue weighted by Gasteiger charge is -2.10. The molecule has 0 fully saturated rings. The van der Waals surface area contributed by atoms with Gasteiger partial charge in [-0.1, -0.05) is 5.92 Å². The third-order valence-corrected chi connectivity index (χ3v) is 1.44. The molecule has 0 aromatic rings. The molecule has 0 spiro atoms. The van der Waals surface area contributed by atoms with Crippen LogP contribution in [-0.2, 0) is 0 Å². The molecule has 9 heavy (non-hydrogen) atoms. The van der Waals surface area contributed by atoms with Crippen LogP contribution in [0.25, 0.3) is 0 Å². The topological polar surface area (TPSA) is 60.8 Å². The summed E-state index contributed by atoms with van der Waals surface area (Å²) in [4.78, 5) is 9.88. The lowest BCUT2D eigenvalue weighted by molar-refractivity contribution is -0.0573. The van der Waals surface area contributed by atoms with E-state index in [-0.39, 0.29) is 5.06 Å². The van der Waals surface area contributed by atoms with Crippen molar-refractivity contribution in [3.05, 3.63) is 0 Å². The Morgan fingerprint density at radius 1 is 1.89 bits per heavy atom. The number of hydroxylamine groups is 2. The van der Waals surface area contributed by atoms with Gasteiger partial charge in [0, 0.05) is 0 Å². The molecule has 0 aromatic heterocycles. The monoisotopic (exact) mass is 241 g/mol. The zero-order valence-electron chi connectivity index (χ0n) is 4.28. The molecule has 4 nitrogen and oxygen atoms in total. The highest BCUT2D eigenvalue weighted by Gasteiger charge is 2.14. The Morgan fingerprint density at radius 3 is 2.44 bits per heavy atom. The average molecular weight is 241 g/mol. The zero-order valence-corrected chi connectivity index (χ0v) is 6.44. The number of carbonyl (C=O) groups is 1. The normalized spacial score (nSPS) is 11.7. The number of terminal acetylenes is 1. The van der Waals surface area contributed by atoms with Gasteiger partial charge < -0.3 is 5.11 Å². The fourth-order valence-electron chi connectivity index (χ4n) is 0.168. The standard InChI is InChI=1S/C4H4INO3/c1-2-3(5)6(9)4(7)8/h1,3,9H,(H,7,8). The summed E-state index contributed by atoms with van der Waals surface area (Å²) in [5.41, 5.74) is 0. The van der Waals surface area contributed by atoms with E-state index in [2.05, 4.69) is 0 Å². The first-order valence-corrected chi connectivity index (χ1v) is 3.15. The maximum absolute atomic E-state index is 9.88. The van der Waals surface area contributed by atoms with Gasteiger partial charge in [0.25, 0.3) is 0 Å². The van der Waals surface area contributed by atoms with Crippen molar-refractivity contribution in [3.8, 4) is 12.3 Å². The SMILES string of the molecule is C#CC(I)N(O)C(=O)O. The van der Waals surface area contributed by atoms with Crippen LogP contribution in [0.1, 0.15) is 0 Å². The molecule has 0 heterocycles. The fourth-order valence-corrected chi connectivity index (χ4v) is 0.406. The molecule has 1 atom stereocenters. The van der Waals surface area contributed by atoms with Gasteiger partial charge in [-0.2, -0.15) is 5.06 Å². The number of amides is 1. The maximum Gasteiger partial charge on any atom is 0.433 e. The highest BCUT2D eigenvalue weighted by Crippen LogP contribution is 2.02. The summed E-state index contributed by atoms with van der Waals surface area (Å²) in [6, 6.07) is 0. The van der Waals surface area contributed by atoms with Crippen molar-refractivity contribution in [1.82, 2.24) is 5.06 Å². The molecule has 1 amide bonds. The summed E-state index contributed by atoms with van der Waals surface area (Å²) >= 11 is 1.61. The lowest BCUT2D eigenvalue weighted by atomic mass is 10.7. The van der Waals surface area contributed by atoms with Crippen molar-refractivity contribution in [1.29, 1.82) is 0 Å². The minimum absolute atomic E-state index is 0.0561. The number of rotatable bonds is 1. The Kier molecular flexibility index (Phi) is 3.34. The molecule has 50 valence electrons. The third kappa shape index (κ3) is 2.53. The molecule has 0 radical (unpaired) electrons. The van der Waals surface area contributed by atoms with Gasteiger partial charge in [-0.25, -0.2) is 4.79 Å². The number of carboxylic acid groups (broad SMARTS) is 1. The van der Waals surface area contributed by atoms with Gasteiger partial charge in [0.05, 0.1) is 0 Å². The van der Waals surface area contributed by atoms with Crippen LogP contribution in [0.5, 0.6) is 0 Å². The van der Waals surface area contributed by atoms with Crippen LogP contribution in [0.2, 0.25) is 0 Å². The van der Waals surface area contributed by atoms with Gasteiger partial charge in [0.1, 0.15) is 0 Å². The van der Waals surface area contributed by atoms with Crippen LogP contribution in [0.3, 0.4) is 0 Å². The first kappa shape index (κ1) is 8.52. The summed E-state index contributed by atoms with van der Waals surface area (Å²) in [5.74, 6) is 2.03. The predicted octanol–water partition coefficient (Wildman–Crippen LogP) is 0.750. The summed E-state index contributed by atoms with van der Waals surface area (Å²) in [5, 5.41) is 16.6. The molecule has 0 aliphatic heterocycles. The Balaban J connectivity index is 3.91. The Hall–Kier alpha value is -0.480. The van der Waals surface area contributed by atoms with Crippen LogP contribution in [0.4, 0.5) is 4.79 Å². The van der Waals surface area contributed by atoms with Crippen LogP contribution in [-0.4, -0.2) is 25.5 Å². The molecule has 0 saturated carbocycles. The Morgan fingerprint density at radius 2 is 2.33 bits per heavy atom. The molecule has 0 aliphatic rings. The molecule has 0 aliphatic carbocycles. The fraction of sp³-hybridized carbons (Fsp3) is 0.250. The van der Waals surface area contributed by atoms with Gasteiger partial charge >= 0.3 is 6.09 Å². The van der Waals surface area contributed by atoms with Crippen molar-refractivity contribution in [2.75, 3.05) is 0 Å². The Bertz CT molecular complexity index is 152. The van der Waals surface area contributed by atoms with E-state index in [0.29, 0.717) is 0 Å². The van der Waals surface area contributed by atoms with Gasteiger partial charge in [0.15, 0.2) is 4.05 Å². The second-order valence-corrected chi connectivity index (χ2v) is 2.31. The van der Waals surface area contributed by atoms with Crippen molar-refractivity contribution in [2.24, 2.45) is 0 Å². The second-order valence-electron chi connectivity index (χ2n) is 1.13. The smallest absolute Gasteiger partial charge is 0.433 e. The summed E-state index contributed by atoms with van der Waals surface area (Å²) in [6.45, 7) is 0. The minimum atomic E-state index is -1.45. The molecular weight excluding hydrogens is 237 g/mol. The van der Waals surface area contributed by atoms with Crippen molar-refractivity contribution < 1.29 is 15.1 Å². The highest BCUT2D eigenvalue weighted by atomic mass is 127. The van der Waals surface area contributed by atoms with E-state index < -0.39 is 10.1 Å². The maximum atomic E-state index is 9.88. The van der Waals surface area contributed by atoms with Crippen LogP contribution in [0, 0.1) is 12.3 Å². The quantitative estimate of drug-likeness (QED) is 0.178. The number of halogens is 1. The summed E-state index contributed by atoms with van der Waals surface area (Å²) in [6.07, 6.45) is 3.34. The Labute approximate surface area is 65.6 Å². The lowest BCUT2D eigenvalue weighted by Crippen LogP contribution is -2.31. The number of hydrogen-bond donors (Lipinski definition) is 2. The first-order chi connectivity index (χ1) is 4.09. The van der Waals surface area contributed by atoms with Crippen molar-refractivity contribution in [2.45, 2.75) is 4.05 Å². The van der Waals surface area contributed by atoms with Gasteiger partial charge in [0.2, 0.25) is 0 Å². The second kappa shape index (κ2) is 3.53. The van der Waals surface area contributed by atoms with E-state index in [1.807, 2.05) is 5.92 Å². The van der Waals surface area contributed by atoms with E-state index in [1.165, 1.54) is 0 Å². The number of hydrogen-bond acceptors (Lipinski definition) is 2. The highest BCUT2D eigenvalue weighted by molar-refractivity contribution is 14.1. The first-order valence-electron chi connectivity index (χ1n) is 1.91. The average Bonchev–Trinajstić information content (AvgIpc) is 1.84. The van der Waals surface area contributed by atoms with Gasteiger partial charge in [-0.3, -0.25) is 5.21 Å². The van der Waals surface area contributed by atoms with E-state index in [9.17, 15) is 4.79 Å². The molecule has 5 heteroatoms. The van der Waals surface area contributed by atoms with Crippen molar-refractivity contribution >= 4 is 28.7 Å². The molecule has 0 rings (SSSR count). The van der Waals surface area contributed by atoms with Gasteiger partial charge in [-0.05, 0) is 22.6 Å². The van der Waals surface area contributed by atoms with Crippen LogP contribution < -0.4 is 0 Å². The van der Waals surface area contributed by atoms with E-state index >= 15 is 0 Å². The molecule has 0 bridgehead atoms. The largest absolute Gasteiger partial charge is 0.463 e. The summed E-state index contributed by atoms with van der Waals surface area (Å²) in [7, 11) is 0. The third-order valence-electron chi connectivity index (χ3n) is 0.548. The molecule has 0 aromatic carbocycles. The zero-order chi connectivity index (χ0) is 7.44. The van der Waals surface area contributed by atoms with Gasteiger partial charge in [-0.15, -0.1) is 6.42 Å².